The molecule has 0 heterocycles. The van der Waals surface area contributed by atoms with Gasteiger partial charge in [-0.15, -0.1) is 0 Å². The summed E-state index contributed by atoms with van der Waals surface area (Å²) in [7, 11) is 0. The Hall–Kier alpha value is -2.30. The van der Waals surface area contributed by atoms with E-state index in [0.29, 0.717) is 11.1 Å². The van der Waals surface area contributed by atoms with Gasteiger partial charge in [0.05, 0.1) is 0 Å². The first kappa shape index (κ1) is 15.1. The van der Waals surface area contributed by atoms with Crippen molar-refractivity contribution in [1.82, 2.24) is 0 Å². The van der Waals surface area contributed by atoms with E-state index in [1.807, 2.05) is 0 Å². The molecule has 21 heavy (non-hydrogen) atoms. The Labute approximate surface area is 120 Å². The minimum absolute atomic E-state index is 0.0296. The van der Waals surface area contributed by atoms with Gasteiger partial charge in [0, 0.05) is 5.56 Å². The van der Waals surface area contributed by atoms with Crippen LogP contribution in [0.4, 0.5) is 13.2 Å². The van der Waals surface area contributed by atoms with Crippen molar-refractivity contribution in [2.45, 2.75) is 20.0 Å². The van der Waals surface area contributed by atoms with Crippen LogP contribution in [0.25, 0.3) is 11.1 Å². The van der Waals surface area contributed by atoms with E-state index in [4.69, 9.17) is 5.73 Å². The zero-order chi connectivity index (χ0) is 15.4. The van der Waals surface area contributed by atoms with Crippen molar-refractivity contribution in [3.05, 3.63) is 58.7 Å². The molecule has 0 bridgehead atoms. The highest BCUT2D eigenvalue weighted by atomic mass is 19.1. The highest BCUT2D eigenvalue weighted by Gasteiger charge is 2.15. The highest BCUT2D eigenvalue weighted by molar-refractivity contribution is 5.94. The van der Waals surface area contributed by atoms with Gasteiger partial charge in [0.25, 0.3) is 0 Å². The lowest BCUT2D eigenvalue weighted by molar-refractivity contribution is 0.100. The lowest BCUT2D eigenvalue weighted by atomic mass is 9.92. The summed E-state index contributed by atoms with van der Waals surface area (Å²) in [6, 6.07) is 9.28. The van der Waals surface area contributed by atoms with Crippen molar-refractivity contribution in [2.24, 2.45) is 5.73 Å². The standard InChI is InChI=1S/C16H14F3NO/c17-7-12-4-5-13(15(9-19)14(12)8-18)10-2-1-3-11(6-10)16(20)21/h1-6H,7-9H2,(H2,20,21). The Balaban J connectivity index is 2.63. The van der Waals surface area contributed by atoms with E-state index in [1.54, 1.807) is 12.1 Å². The number of primary amides is 1. The zero-order valence-electron chi connectivity index (χ0n) is 11.2. The number of hydrogen-bond donors (Lipinski definition) is 1. The van der Waals surface area contributed by atoms with Crippen LogP contribution in [0.5, 0.6) is 0 Å². The van der Waals surface area contributed by atoms with Crippen molar-refractivity contribution in [3.63, 3.8) is 0 Å². The maximum Gasteiger partial charge on any atom is 0.248 e. The minimum Gasteiger partial charge on any atom is -0.366 e. The van der Waals surface area contributed by atoms with Crippen molar-refractivity contribution in [3.8, 4) is 11.1 Å². The first-order valence-corrected chi connectivity index (χ1v) is 6.34. The van der Waals surface area contributed by atoms with E-state index in [-0.39, 0.29) is 22.3 Å². The Morgan fingerprint density at radius 3 is 2.24 bits per heavy atom. The first-order chi connectivity index (χ1) is 10.1. The van der Waals surface area contributed by atoms with Crippen molar-refractivity contribution < 1.29 is 18.0 Å². The van der Waals surface area contributed by atoms with Crippen LogP contribution in [0.1, 0.15) is 27.0 Å². The summed E-state index contributed by atoms with van der Waals surface area (Å²) in [4.78, 5) is 11.2. The number of halogens is 3. The highest BCUT2D eigenvalue weighted by Crippen LogP contribution is 2.31. The quantitative estimate of drug-likeness (QED) is 0.893. The van der Waals surface area contributed by atoms with Gasteiger partial charge in [-0.25, -0.2) is 13.2 Å². The van der Waals surface area contributed by atoms with E-state index in [0.717, 1.165) is 0 Å². The molecule has 2 rings (SSSR count). The number of nitrogens with two attached hydrogens (primary N) is 1. The molecular weight excluding hydrogens is 279 g/mol. The summed E-state index contributed by atoms with van der Waals surface area (Å²) < 4.78 is 39.3. The summed E-state index contributed by atoms with van der Waals surface area (Å²) in [5, 5.41) is 0. The second kappa shape index (κ2) is 6.43. The van der Waals surface area contributed by atoms with Crippen LogP contribution in [-0.2, 0) is 20.0 Å². The molecule has 0 aliphatic heterocycles. The molecule has 0 saturated carbocycles. The average Bonchev–Trinajstić information content (AvgIpc) is 2.53. The van der Waals surface area contributed by atoms with Gasteiger partial charge in [-0.2, -0.15) is 0 Å². The van der Waals surface area contributed by atoms with Crippen LogP contribution in [0, 0.1) is 0 Å². The van der Waals surface area contributed by atoms with Gasteiger partial charge >= 0.3 is 0 Å². The first-order valence-electron chi connectivity index (χ1n) is 6.34. The molecule has 0 fully saturated rings. The average molecular weight is 293 g/mol. The molecule has 2 nitrogen and oxygen atoms in total. The lowest BCUT2D eigenvalue weighted by Gasteiger charge is -2.14. The van der Waals surface area contributed by atoms with Crippen molar-refractivity contribution in [2.75, 3.05) is 0 Å². The maximum atomic E-state index is 13.3. The van der Waals surface area contributed by atoms with Gasteiger partial charge in [0.2, 0.25) is 5.91 Å². The molecule has 0 aliphatic carbocycles. The lowest BCUT2D eigenvalue weighted by Crippen LogP contribution is -2.10. The van der Waals surface area contributed by atoms with Gasteiger partial charge in [0.1, 0.15) is 20.0 Å². The summed E-state index contributed by atoms with van der Waals surface area (Å²) >= 11 is 0. The van der Waals surface area contributed by atoms with Crippen LogP contribution in [0.3, 0.4) is 0 Å². The van der Waals surface area contributed by atoms with Gasteiger partial charge in [-0.1, -0.05) is 24.3 Å². The molecule has 5 heteroatoms. The number of benzene rings is 2. The van der Waals surface area contributed by atoms with E-state index in [1.165, 1.54) is 24.3 Å². The second-order valence-corrected chi connectivity index (χ2v) is 4.58. The monoisotopic (exact) mass is 293 g/mol. The number of alkyl halides is 3. The summed E-state index contributed by atoms with van der Waals surface area (Å²) in [6.45, 7) is -2.71. The van der Waals surface area contributed by atoms with Crippen LogP contribution in [0.15, 0.2) is 36.4 Å². The number of rotatable bonds is 5. The molecule has 110 valence electrons. The number of carbonyl (C=O) groups excluding carboxylic acids is 1. The number of carbonyl (C=O) groups is 1. The fourth-order valence-electron chi connectivity index (χ4n) is 2.30. The zero-order valence-corrected chi connectivity index (χ0v) is 11.2. The van der Waals surface area contributed by atoms with Crippen LogP contribution in [0.2, 0.25) is 0 Å². The summed E-state index contributed by atoms with van der Waals surface area (Å²) in [5.74, 6) is -0.607. The third kappa shape index (κ3) is 2.91. The molecule has 0 spiro atoms. The molecule has 1 amide bonds. The molecular formula is C16H14F3NO. The molecule has 0 atom stereocenters. The Kier molecular flexibility index (Phi) is 4.62. The third-order valence-electron chi connectivity index (χ3n) is 3.40. The van der Waals surface area contributed by atoms with E-state index >= 15 is 0 Å². The predicted molar refractivity (Wildman–Crippen MR) is 74.8 cm³/mol. The summed E-state index contributed by atoms with van der Waals surface area (Å²) in [6.07, 6.45) is 0. The Morgan fingerprint density at radius 2 is 1.67 bits per heavy atom. The van der Waals surface area contributed by atoms with Crippen LogP contribution < -0.4 is 5.73 Å². The minimum atomic E-state index is -0.943. The molecule has 0 radical (unpaired) electrons. The molecule has 0 saturated heterocycles. The smallest absolute Gasteiger partial charge is 0.248 e. The fraction of sp³-hybridized carbons (Fsp3) is 0.188. The topological polar surface area (TPSA) is 43.1 Å². The fourth-order valence-corrected chi connectivity index (χ4v) is 2.30. The van der Waals surface area contributed by atoms with Crippen LogP contribution in [-0.4, -0.2) is 5.91 Å². The van der Waals surface area contributed by atoms with Gasteiger partial charge in [0.15, 0.2) is 0 Å². The second-order valence-electron chi connectivity index (χ2n) is 4.58. The molecule has 2 N–H and O–H groups in total. The molecule has 2 aromatic rings. The SMILES string of the molecule is NC(=O)c1cccc(-c2ccc(CF)c(CF)c2CF)c1. The molecule has 0 aliphatic rings. The molecule has 0 unspecified atom stereocenters. The van der Waals surface area contributed by atoms with E-state index in [2.05, 4.69) is 0 Å². The summed E-state index contributed by atoms with van der Waals surface area (Å²) in [5.41, 5.74) is 6.73. The normalized spacial score (nSPS) is 10.6. The number of hydrogen-bond acceptors (Lipinski definition) is 1. The Bertz CT molecular complexity index is 671. The van der Waals surface area contributed by atoms with Gasteiger partial charge in [-0.3, -0.25) is 4.79 Å². The van der Waals surface area contributed by atoms with Crippen molar-refractivity contribution in [1.29, 1.82) is 0 Å². The molecule has 2 aromatic carbocycles. The third-order valence-corrected chi connectivity index (χ3v) is 3.40. The van der Waals surface area contributed by atoms with Crippen molar-refractivity contribution >= 4 is 5.91 Å². The van der Waals surface area contributed by atoms with E-state index < -0.39 is 25.9 Å². The Morgan fingerprint density at radius 1 is 0.952 bits per heavy atom. The largest absolute Gasteiger partial charge is 0.366 e. The van der Waals surface area contributed by atoms with Gasteiger partial charge in [-0.05, 0) is 39.9 Å². The van der Waals surface area contributed by atoms with Gasteiger partial charge < -0.3 is 5.73 Å². The van der Waals surface area contributed by atoms with E-state index in [9.17, 15) is 18.0 Å². The molecule has 0 aromatic heterocycles. The van der Waals surface area contributed by atoms with Crippen LogP contribution >= 0.6 is 0 Å². The maximum absolute atomic E-state index is 13.3. The predicted octanol–water partition coefficient (Wildman–Crippen LogP) is 3.86. The number of amides is 1.